The first kappa shape index (κ1) is 18.3. The molecule has 1 aromatic carbocycles. The van der Waals surface area contributed by atoms with Crippen molar-refractivity contribution in [2.75, 3.05) is 39.9 Å². The molecule has 1 aromatic rings. The third-order valence-electron chi connectivity index (χ3n) is 6.28. The molecular weight excluding hydrogens is 342 g/mol. The highest BCUT2D eigenvalue weighted by Gasteiger charge is 2.53. The minimum Gasteiger partial charge on any atom is -0.379 e. The van der Waals surface area contributed by atoms with Crippen LogP contribution in [0.5, 0.6) is 0 Å². The SMILES string of the molecule is Cc1cccc(CC(=O)N2CCC(N3C(=O)N(C)CC34CCOC4)CC2)c1. The second-order valence-corrected chi connectivity index (χ2v) is 8.31. The number of likely N-dealkylation sites (tertiary alicyclic amines) is 1. The fraction of sp³-hybridized carbons (Fsp3) is 0.619. The van der Waals surface area contributed by atoms with Crippen molar-refractivity contribution in [1.82, 2.24) is 14.7 Å². The van der Waals surface area contributed by atoms with Gasteiger partial charge in [-0.25, -0.2) is 4.79 Å². The summed E-state index contributed by atoms with van der Waals surface area (Å²) in [5, 5.41) is 0. The van der Waals surface area contributed by atoms with Gasteiger partial charge >= 0.3 is 6.03 Å². The van der Waals surface area contributed by atoms with E-state index in [0.29, 0.717) is 13.0 Å². The Balaban J connectivity index is 1.38. The van der Waals surface area contributed by atoms with Gasteiger partial charge in [0.15, 0.2) is 0 Å². The average molecular weight is 371 g/mol. The van der Waals surface area contributed by atoms with E-state index in [2.05, 4.69) is 11.0 Å². The van der Waals surface area contributed by atoms with Gasteiger partial charge in [-0.1, -0.05) is 29.8 Å². The number of ether oxygens (including phenoxy) is 1. The molecule has 3 saturated heterocycles. The Hall–Kier alpha value is -2.08. The highest BCUT2D eigenvalue weighted by atomic mass is 16.5. The molecule has 146 valence electrons. The molecule has 3 fully saturated rings. The van der Waals surface area contributed by atoms with Gasteiger partial charge in [0.25, 0.3) is 0 Å². The zero-order chi connectivity index (χ0) is 19.0. The van der Waals surface area contributed by atoms with E-state index in [9.17, 15) is 9.59 Å². The molecule has 1 unspecified atom stereocenters. The topological polar surface area (TPSA) is 53.1 Å². The summed E-state index contributed by atoms with van der Waals surface area (Å²) in [5.74, 6) is 0.183. The number of piperidine rings is 1. The molecule has 0 aromatic heterocycles. The van der Waals surface area contributed by atoms with E-state index in [1.165, 1.54) is 5.56 Å². The molecule has 3 amide bonds. The van der Waals surface area contributed by atoms with Gasteiger partial charge in [0, 0.05) is 39.3 Å². The number of likely N-dealkylation sites (N-methyl/N-ethyl adjacent to an activating group) is 1. The summed E-state index contributed by atoms with van der Waals surface area (Å²) >= 11 is 0. The minimum absolute atomic E-state index is 0.116. The van der Waals surface area contributed by atoms with Gasteiger partial charge in [0.05, 0.1) is 18.6 Å². The molecule has 3 aliphatic rings. The maximum Gasteiger partial charge on any atom is 0.320 e. The van der Waals surface area contributed by atoms with Crippen LogP contribution in [0.2, 0.25) is 0 Å². The summed E-state index contributed by atoms with van der Waals surface area (Å²) in [6.07, 6.45) is 3.06. The predicted molar refractivity (Wildman–Crippen MR) is 103 cm³/mol. The second-order valence-electron chi connectivity index (χ2n) is 8.31. The number of carbonyl (C=O) groups excluding carboxylic acids is 2. The van der Waals surface area contributed by atoms with Crippen LogP contribution in [0.3, 0.4) is 0 Å². The summed E-state index contributed by atoms with van der Waals surface area (Å²) in [5.41, 5.74) is 2.09. The number of urea groups is 1. The third kappa shape index (κ3) is 3.43. The lowest BCUT2D eigenvalue weighted by atomic mass is 9.92. The van der Waals surface area contributed by atoms with Crippen LogP contribution in [0, 0.1) is 6.92 Å². The Morgan fingerprint density at radius 3 is 2.74 bits per heavy atom. The number of rotatable bonds is 3. The van der Waals surface area contributed by atoms with Crippen LogP contribution in [0.4, 0.5) is 4.79 Å². The Bertz CT molecular complexity index is 721. The zero-order valence-electron chi connectivity index (χ0n) is 16.3. The van der Waals surface area contributed by atoms with Crippen LogP contribution in [0.25, 0.3) is 0 Å². The molecule has 4 rings (SSSR count). The molecular formula is C21H29N3O3. The van der Waals surface area contributed by atoms with Crippen LogP contribution in [0.15, 0.2) is 24.3 Å². The normalized spacial score (nSPS) is 26.4. The van der Waals surface area contributed by atoms with Crippen molar-refractivity contribution in [2.24, 2.45) is 0 Å². The van der Waals surface area contributed by atoms with E-state index < -0.39 is 0 Å². The van der Waals surface area contributed by atoms with Gasteiger partial charge in [0.1, 0.15) is 0 Å². The highest BCUT2D eigenvalue weighted by molar-refractivity contribution is 5.80. The molecule has 0 N–H and O–H groups in total. The zero-order valence-corrected chi connectivity index (χ0v) is 16.3. The van der Waals surface area contributed by atoms with Gasteiger partial charge in [0.2, 0.25) is 5.91 Å². The standard InChI is InChI=1S/C21H29N3O3/c1-16-4-3-5-17(12-16)13-19(25)23-9-6-18(7-10-23)24-20(26)22(2)14-21(24)8-11-27-15-21/h3-5,12,18H,6-11,13-15H2,1-2H3. The molecule has 0 bridgehead atoms. The molecule has 27 heavy (non-hydrogen) atoms. The van der Waals surface area contributed by atoms with Gasteiger partial charge in [-0.05, 0) is 31.7 Å². The first-order valence-electron chi connectivity index (χ1n) is 9.94. The van der Waals surface area contributed by atoms with E-state index in [4.69, 9.17) is 4.74 Å². The summed E-state index contributed by atoms with van der Waals surface area (Å²) in [6.45, 7) is 5.60. The van der Waals surface area contributed by atoms with Gasteiger partial charge in [-0.2, -0.15) is 0 Å². The Labute approximate surface area is 161 Å². The maximum absolute atomic E-state index is 12.8. The molecule has 6 heteroatoms. The van der Waals surface area contributed by atoms with Crippen molar-refractivity contribution in [2.45, 2.75) is 44.2 Å². The number of benzene rings is 1. The van der Waals surface area contributed by atoms with Crippen LogP contribution in [0.1, 0.15) is 30.4 Å². The number of hydrogen-bond acceptors (Lipinski definition) is 3. The Morgan fingerprint density at radius 2 is 2.07 bits per heavy atom. The third-order valence-corrected chi connectivity index (χ3v) is 6.28. The van der Waals surface area contributed by atoms with Gasteiger partial charge in [-0.3, -0.25) is 4.79 Å². The monoisotopic (exact) mass is 371 g/mol. The van der Waals surface area contributed by atoms with Crippen molar-refractivity contribution >= 4 is 11.9 Å². The van der Waals surface area contributed by atoms with Crippen molar-refractivity contribution in [3.63, 3.8) is 0 Å². The van der Waals surface area contributed by atoms with E-state index in [0.717, 1.165) is 51.1 Å². The lowest BCUT2D eigenvalue weighted by Crippen LogP contribution is -2.56. The quantitative estimate of drug-likeness (QED) is 0.817. The van der Waals surface area contributed by atoms with Crippen molar-refractivity contribution in [1.29, 1.82) is 0 Å². The lowest BCUT2D eigenvalue weighted by Gasteiger charge is -2.42. The van der Waals surface area contributed by atoms with E-state index in [1.807, 2.05) is 42.0 Å². The largest absolute Gasteiger partial charge is 0.379 e. The Morgan fingerprint density at radius 1 is 1.30 bits per heavy atom. The number of carbonyl (C=O) groups is 2. The maximum atomic E-state index is 12.8. The van der Waals surface area contributed by atoms with E-state index in [-0.39, 0.29) is 23.5 Å². The predicted octanol–water partition coefficient (Wildman–Crippen LogP) is 2.06. The molecule has 3 aliphatic heterocycles. The van der Waals surface area contributed by atoms with E-state index in [1.54, 1.807) is 0 Å². The molecule has 0 saturated carbocycles. The summed E-state index contributed by atoms with van der Waals surface area (Å²) in [4.78, 5) is 31.3. The minimum atomic E-state index is -0.162. The second kappa shape index (κ2) is 7.15. The molecule has 1 spiro atoms. The first-order chi connectivity index (χ1) is 13.0. The molecule has 0 aliphatic carbocycles. The summed E-state index contributed by atoms with van der Waals surface area (Å²) in [6, 6.07) is 8.46. The molecule has 6 nitrogen and oxygen atoms in total. The summed E-state index contributed by atoms with van der Waals surface area (Å²) < 4.78 is 5.65. The average Bonchev–Trinajstić information content (AvgIpc) is 3.20. The fourth-order valence-corrected chi connectivity index (χ4v) is 4.91. The van der Waals surface area contributed by atoms with Gasteiger partial charge in [-0.15, -0.1) is 0 Å². The van der Waals surface area contributed by atoms with Crippen molar-refractivity contribution in [3.05, 3.63) is 35.4 Å². The van der Waals surface area contributed by atoms with Crippen LogP contribution < -0.4 is 0 Å². The van der Waals surface area contributed by atoms with E-state index >= 15 is 0 Å². The molecule has 1 atom stereocenters. The Kier molecular flexibility index (Phi) is 4.84. The molecule has 0 radical (unpaired) electrons. The highest BCUT2D eigenvalue weighted by Crippen LogP contribution is 2.37. The summed E-state index contributed by atoms with van der Waals surface area (Å²) in [7, 11) is 1.88. The smallest absolute Gasteiger partial charge is 0.320 e. The van der Waals surface area contributed by atoms with Crippen LogP contribution in [-0.4, -0.2) is 78.1 Å². The number of aryl methyl sites for hydroxylation is 1. The van der Waals surface area contributed by atoms with Crippen LogP contribution in [-0.2, 0) is 16.0 Å². The number of hydrogen-bond donors (Lipinski definition) is 0. The van der Waals surface area contributed by atoms with Crippen molar-refractivity contribution in [3.8, 4) is 0 Å². The fourth-order valence-electron chi connectivity index (χ4n) is 4.91. The number of amides is 3. The van der Waals surface area contributed by atoms with Crippen LogP contribution >= 0.6 is 0 Å². The number of nitrogens with zero attached hydrogens (tertiary/aromatic N) is 3. The first-order valence-corrected chi connectivity index (χ1v) is 9.94. The van der Waals surface area contributed by atoms with Crippen molar-refractivity contribution < 1.29 is 14.3 Å². The molecule has 3 heterocycles. The lowest BCUT2D eigenvalue weighted by molar-refractivity contribution is -0.132. The van der Waals surface area contributed by atoms with Gasteiger partial charge < -0.3 is 19.4 Å².